The Morgan fingerprint density at radius 1 is 0.667 bits per heavy atom. The van der Waals surface area contributed by atoms with Crippen LogP contribution in [-0.4, -0.2) is 36.7 Å². The first kappa shape index (κ1) is 17.2. The van der Waals surface area contributed by atoms with Crippen LogP contribution >= 0.6 is 36.7 Å². The highest BCUT2D eigenvalue weighted by atomic mass is 32.1. The summed E-state index contributed by atoms with van der Waals surface area (Å²) in [4.78, 5) is 22.4. The van der Waals surface area contributed by atoms with E-state index >= 15 is 0 Å². The molecule has 0 aliphatic carbocycles. The van der Waals surface area contributed by atoms with Gasteiger partial charge >= 0.3 is 11.9 Å². The second-order valence-electron chi connectivity index (χ2n) is 3.76. The smallest absolute Gasteiger partial charge is 0.308 e. The Hall–Kier alpha value is -0.790. The van der Waals surface area contributed by atoms with Crippen LogP contribution in [0.5, 0.6) is 0 Å². The van der Waals surface area contributed by atoms with Crippen LogP contribution in [0.2, 0.25) is 0 Å². The van der Waals surface area contributed by atoms with Gasteiger partial charge in [-0.3, -0.25) is 9.59 Å². The van der Waals surface area contributed by atoms with Crippen molar-refractivity contribution in [3.05, 3.63) is 0 Å². The zero-order valence-corrected chi connectivity index (χ0v) is 12.1. The van der Waals surface area contributed by atoms with E-state index in [2.05, 4.69) is 0 Å². The minimum Gasteiger partial charge on any atom is -0.481 e. The lowest BCUT2D eigenvalue weighted by Gasteiger charge is -2.04. The second kappa shape index (κ2) is 9.18. The minimum absolute atomic E-state index is 0.116. The summed E-state index contributed by atoms with van der Waals surface area (Å²) in [6.45, 7) is 0. The Bertz CT molecular complexity index is 342. The Balaban J connectivity index is 3.78. The van der Waals surface area contributed by atoms with Gasteiger partial charge in [0.25, 0.3) is 0 Å². The van der Waals surface area contributed by atoms with Crippen LogP contribution in [0.4, 0.5) is 0 Å². The van der Waals surface area contributed by atoms with Gasteiger partial charge in [-0.05, 0) is 30.5 Å². The molecule has 0 aliphatic rings. The van der Waals surface area contributed by atoms with Gasteiger partial charge in [-0.25, -0.2) is 0 Å². The van der Waals surface area contributed by atoms with Gasteiger partial charge in [-0.15, -0.1) is 0 Å². The van der Waals surface area contributed by atoms with Gasteiger partial charge in [0.1, 0.15) is 0 Å². The molecule has 0 saturated heterocycles. The standard InChI is InChI=1S/C11H14O4S3/c12-10(13)5-8(17)3-1-7(16)2-4-9(18)6-11(14)15/h1-6H2,(H,12,13)(H,14,15). The number of thiocarbonyl (C=S) groups is 3. The molecule has 18 heavy (non-hydrogen) atoms. The van der Waals surface area contributed by atoms with Gasteiger partial charge in [0.2, 0.25) is 0 Å². The molecule has 0 aliphatic heterocycles. The van der Waals surface area contributed by atoms with E-state index in [1.54, 1.807) is 0 Å². The van der Waals surface area contributed by atoms with Gasteiger partial charge in [-0.1, -0.05) is 36.7 Å². The van der Waals surface area contributed by atoms with Crippen molar-refractivity contribution < 1.29 is 19.8 Å². The monoisotopic (exact) mass is 306 g/mol. The number of aliphatic carboxylic acids is 2. The molecule has 0 rings (SSSR count). The van der Waals surface area contributed by atoms with E-state index < -0.39 is 11.9 Å². The maximum absolute atomic E-state index is 10.4. The van der Waals surface area contributed by atoms with E-state index in [1.165, 1.54) is 0 Å². The molecule has 100 valence electrons. The zero-order chi connectivity index (χ0) is 14.1. The molecule has 0 heterocycles. The molecule has 0 spiro atoms. The van der Waals surface area contributed by atoms with Crippen LogP contribution in [0.15, 0.2) is 0 Å². The number of carboxylic acid groups (broad SMARTS) is 2. The zero-order valence-electron chi connectivity index (χ0n) is 9.68. The molecule has 0 fully saturated rings. The van der Waals surface area contributed by atoms with Crippen molar-refractivity contribution in [1.29, 1.82) is 0 Å². The van der Waals surface area contributed by atoms with Gasteiger partial charge in [-0.2, -0.15) is 0 Å². The normalized spacial score (nSPS) is 9.78. The van der Waals surface area contributed by atoms with Crippen LogP contribution in [-0.2, 0) is 9.59 Å². The largest absolute Gasteiger partial charge is 0.481 e. The minimum atomic E-state index is -0.937. The summed E-state index contributed by atoms with van der Waals surface area (Å²) in [7, 11) is 0. The molecular formula is C11H14O4S3. The predicted octanol–water partition coefficient (Wildman–Crippen LogP) is 2.61. The van der Waals surface area contributed by atoms with Gasteiger partial charge in [0.05, 0.1) is 12.8 Å². The van der Waals surface area contributed by atoms with Crippen LogP contribution in [0, 0.1) is 0 Å². The average Bonchev–Trinajstić information content (AvgIpc) is 2.21. The fraction of sp³-hybridized carbons (Fsp3) is 0.545. The van der Waals surface area contributed by atoms with Crippen molar-refractivity contribution in [2.75, 3.05) is 0 Å². The molecule has 0 amide bonds. The van der Waals surface area contributed by atoms with E-state index in [1.807, 2.05) is 0 Å². The second-order valence-corrected chi connectivity index (χ2v) is 5.49. The molecule has 0 bridgehead atoms. The highest BCUT2D eigenvalue weighted by molar-refractivity contribution is 7.81. The molecule has 0 saturated carbocycles. The SMILES string of the molecule is O=C(O)CC(=S)CCC(=S)CCC(=S)CC(=O)O. The van der Waals surface area contributed by atoms with E-state index in [0.29, 0.717) is 35.4 Å². The fourth-order valence-corrected chi connectivity index (χ4v) is 1.85. The van der Waals surface area contributed by atoms with Gasteiger partial charge in [0, 0.05) is 9.73 Å². The van der Waals surface area contributed by atoms with Gasteiger partial charge < -0.3 is 10.2 Å². The van der Waals surface area contributed by atoms with Crippen LogP contribution in [0.1, 0.15) is 38.5 Å². The lowest BCUT2D eigenvalue weighted by Crippen LogP contribution is -2.09. The number of carboxylic acids is 2. The highest BCUT2D eigenvalue weighted by Gasteiger charge is 2.08. The van der Waals surface area contributed by atoms with Crippen LogP contribution in [0.3, 0.4) is 0 Å². The van der Waals surface area contributed by atoms with Crippen molar-refractivity contribution in [2.45, 2.75) is 38.5 Å². The summed E-state index contributed by atoms with van der Waals surface area (Å²) in [6.07, 6.45) is 1.83. The summed E-state index contributed by atoms with van der Waals surface area (Å²) in [5.74, 6) is -1.87. The maximum atomic E-state index is 10.4. The molecule has 0 atom stereocenters. The number of rotatable bonds is 10. The lowest BCUT2D eigenvalue weighted by atomic mass is 10.1. The third-order valence-electron chi connectivity index (χ3n) is 2.06. The van der Waals surface area contributed by atoms with Crippen molar-refractivity contribution in [1.82, 2.24) is 0 Å². The predicted molar refractivity (Wildman–Crippen MR) is 80.8 cm³/mol. The Labute approximate surface area is 121 Å². The van der Waals surface area contributed by atoms with E-state index in [9.17, 15) is 9.59 Å². The topological polar surface area (TPSA) is 74.6 Å². The quantitative estimate of drug-likeness (QED) is 0.601. The Morgan fingerprint density at radius 2 is 0.944 bits per heavy atom. The fourth-order valence-electron chi connectivity index (χ4n) is 1.20. The molecule has 0 aromatic carbocycles. The number of hydrogen-bond donors (Lipinski definition) is 2. The third kappa shape index (κ3) is 10.4. The molecule has 0 aromatic rings. The summed E-state index contributed by atoms with van der Waals surface area (Å²) in [5, 5.41) is 17.0. The van der Waals surface area contributed by atoms with E-state index in [0.717, 1.165) is 4.86 Å². The van der Waals surface area contributed by atoms with Crippen molar-refractivity contribution in [2.24, 2.45) is 0 Å². The molecule has 0 aromatic heterocycles. The first-order valence-electron chi connectivity index (χ1n) is 5.30. The van der Waals surface area contributed by atoms with Crippen LogP contribution in [0.25, 0.3) is 0 Å². The summed E-state index contributed by atoms with van der Waals surface area (Å²) in [6, 6.07) is 0. The molecule has 0 radical (unpaired) electrons. The number of carbonyl (C=O) groups is 2. The third-order valence-corrected chi connectivity index (χ3v) is 3.17. The van der Waals surface area contributed by atoms with Crippen molar-refractivity contribution >= 4 is 63.2 Å². The first-order valence-corrected chi connectivity index (χ1v) is 6.52. The maximum Gasteiger partial charge on any atom is 0.308 e. The average molecular weight is 306 g/mol. The summed E-state index contributed by atoms with van der Waals surface area (Å²) >= 11 is 14.9. The van der Waals surface area contributed by atoms with Gasteiger partial charge in [0.15, 0.2) is 0 Å². The Morgan fingerprint density at radius 3 is 1.22 bits per heavy atom. The highest BCUT2D eigenvalue weighted by Crippen LogP contribution is 2.07. The molecular weight excluding hydrogens is 292 g/mol. The number of hydrogen-bond acceptors (Lipinski definition) is 5. The molecule has 2 N–H and O–H groups in total. The first-order chi connectivity index (χ1) is 8.31. The molecule has 0 unspecified atom stereocenters. The van der Waals surface area contributed by atoms with Crippen molar-refractivity contribution in [3.63, 3.8) is 0 Å². The van der Waals surface area contributed by atoms with E-state index in [4.69, 9.17) is 46.9 Å². The summed E-state index contributed by atoms with van der Waals surface area (Å²) < 4.78 is 0. The molecule has 4 nitrogen and oxygen atoms in total. The lowest BCUT2D eigenvalue weighted by molar-refractivity contribution is -0.136. The molecule has 7 heteroatoms. The summed E-state index contributed by atoms with van der Waals surface area (Å²) in [5.41, 5.74) is 0. The van der Waals surface area contributed by atoms with Crippen LogP contribution < -0.4 is 0 Å². The Kier molecular flexibility index (Phi) is 8.78. The van der Waals surface area contributed by atoms with Crippen molar-refractivity contribution in [3.8, 4) is 0 Å². The van der Waals surface area contributed by atoms with E-state index in [-0.39, 0.29) is 12.8 Å².